The Balaban J connectivity index is 1.28. The molecule has 0 radical (unpaired) electrons. The summed E-state index contributed by atoms with van der Waals surface area (Å²) in [6, 6.07) is 23.2. The molecule has 1 N–H and O–H groups in total. The van der Waals surface area contributed by atoms with E-state index >= 15 is 0 Å². The Kier molecular flexibility index (Phi) is 7.47. The smallest absolute Gasteiger partial charge is 0.250 e. The van der Waals surface area contributed by atoms with E-state index in [0.29, 0.717) is 6.04 Å². The number of benzene rings is 3. The second-order valence-electron chi connectivity index (χ2n) is 9.42. The van der Waals surface area contributed by atoms with E-state index in [2.05, 4.69) is 80.7 Å². The summed E-state index contributed by atoms with van der Waals surface area (Å²) < 4.78 is 2.26. The van der Waals surface area contributed by atoms with Crippen molar-refractivity contribution in [2.45, 2.75) is 57.1 Å². The van der Waals surface area contributed by atoms with E-state index < -0.39 is 0 Å². The monoisotopic (exact) mass is 497 g/mol. The number of hydrogen-bond donors (Lipinski definition) is 1. The third-order valence-corrected chi connectivity index (χ3v) is 7.71. The fourth-order valence-electron chi connectivity index (χ4n) is 4.73. The first kappa shape index (κ1) is 24.3. The summed E-state index contributed by atoms with van der Waals surface area (Å²) in [6.45, 7) is 3.99. The molecule has 36 heavy (non-hydrogen) atoms. The number of carbonyl (C=O) groups is 1. The van der Waals surface area contributed by atoms with E-state index in [9.17, 15) is 4.79 Å². The average molecular weight is 498 g/mol. The minimum Gasteiger partial charge on any atom is -0.299 e. The van der Waals surface area contributed by atoms with E-state index in [1.54, 1.807) is 0 Å². The Morgan fingerprint density at radius 1 is 1.00 bits per heavy atom. The fraction of sp³-hybridized carbons (Fsp3) is 0.310. The summed E-state index contributed by atoms with van der Waals surface area (Å²) in [6.07, 6.45) is 5.93. The summed E-state index contributed by atoms with van der Waals surface area (Å²) in [7, 11) is 0. The molecule has 1 aromatic heterocycles. The topological polar surface area (TPSA) is 72.2 Å². The van der Waals surface area contributed by atoms with E-state index in [1.165, 1.54) is 42.0 Å². The largest absolute Gasteiger partial charge is 0.299 e. The number of rotatable bonds is 7. The lowest BCUT2D eigenvalue weighted by Gasteiger charge is -2.25. The van der Waals surface area contributed by atoms with Crippen molar-refractivity contribution in [2.75, 3.05) is 5.75 Å². The highest BCUT2D eigenvalue weighted by Gasteiger charge is 2.24. The van der Waals surface area contributed by atoms with Crippen molar-refractivity contribution in [3.05, 3.63) is 77.9 Å². The summed E-state index contributed by atoms with van der Waals surface area (Å²) in [5.41, 5.74) is 6.75. The average Bonchev–Trinajstić information content (AvgIpc) is 3.35. The van der Waals surface area contributed by atoms with Gasteiger partial charge in [-0.15, -0.1) is 10.2 Å². The number of amides is 1. The Morgan fingerprint density at radius 3 is 2.53 bits per heavy atom. The van der Waals surface area contributed by atoms with Gasteiger partial charge in [0.2, 0.25) is 0 Å². The number of nitrogens with zero attached hydrogens (tertiary/aromatic N) is 4. The molecule has 5 rings (SSSR count). The highest BCUT2D eigenvalue weighted by atomic mass is 32.2. The van der Waals surface area contributed by atoms with Gasteiger partial charge in [-0.25, -0.2) is 5.43 Å². The van der Waals surface area contributed by atoms with Gasteiger partial charge in [0, 0.05) is 11.6 Å². The van der Waals surface area contributed by atoms with Crippen molar-refractivity contribution in [1.29, 1.82) is 0 Å². The number of carbonyl (C=O) groups excluding carboxylic acids is 1. The van der Waals surface area contributed by atoms with Crippen molar-refractivity contribution < 1.29 is 4.79 Å². The lowest BCUT2D eigenvalue weighted by Crippen LogP contribution is -2.22. The highest BCUT2D eigenvalue weighted by Crippen LogP contribution is 2.35. The zero-order chi connectivity index (χ0) is 24.9. The minimum absolute atomic E-state index is 0.157. The molecule has 0 unspecified atom stereocenters. The second kappa shape index (κ2) is 11.1. The molecule has 0 aliphatic heterocycles. The SMILES string of the molecule is CC(=NNC(=O)CSc1nnc(-c2ccc(C)cc2)n1C1CCCCC1)c1ccc2ccccc2c1. The number of aryl methyl sites for hydroxylation is 1. The standard InChI is InChI=1S/C29H31N5OS/c1-20-12-14-23(15-13-20)28-32-33-29(34(28)26-10-4-3-5-11-26)36-19-27(35)31-30-21(2)24-17-16-22-8-6-7-9-25(22)18-24/h6-9,12-18,26H,3-5,10-11,19H2,1-2H3,(H,31,35). The predicted octanol–water partition coefficient (Wildman–Crippen LogP) is 6.54. The number of hydrogen-bond acceptors (Lipinski definition) is 5. The first-order valence-electron chi connectivity index (χ1n) is 12.6. The Labute approximate surface area is 216 Å². The molecular formula is C29H31N5OS. The van der Waals surface area contributed by atoms with Crippen LogP contribution in [0.1, 0.15) is 56.2 Å². The van der Waals surface area contributed by atoms with Gasteiger partial charge in [-0.05, 0) is 49.1 Å². The molecular weight excluding hydrogens is 466 g/mol. The minimum atomic E-state index is -0.157. The lowest BCUT2D eigenvalue weighted by molar-refractivity contribution is -0.118. The summed E-state index contributed by atoms with van der Waals surface area (Å²) in [5, 5.41) is 16.5. The van der Waals surface area contributed by atoms with Gasteiger partial charge in [0.25, 0.3) is 5.91 Å². The molecule has 0 atom stereocenters. The zero-order valence-electron chi connectivity index (χ0n) is 20.8. The van der Waals surface area contributed by atoms with Crippen LogP contribution in [0.5, 0.6) is 0 Å². The zero-order valence-corrected chi connectivity index (χ0v) is 21.6. The number of thioether (sulfide) groups is 1. The second-order valence-corrected chi connectivity index (χ2v) is 10.4. The van der Waals surface area contributed by atoms with Crippen LogP contribution >= 0.6 is 11.8 Å². The Bertz CT molecular complexity index is 1390. The van der Waals surface area contributed by atoms with Crippen LogP contribution < -0.4 is 5.43 Å². The van der Waals surface area contributed by atoms with Crippen molar-refractivity contribution in [3.63, 3.8) is 0 Å². The van der Waals surface area contributed by atoms with Crippen LogP contribution in [0.3, 0.4) is 0 Å². The van der Waals surface area contributed by atoms with Gasteiger partial charge in [-0.1, -0.05) is 97.3 Å². The maximum Gasteiger partial charge on any atom is 0.250 e. The van der Waals surface area contributed by atoms with Crippen LogP contribution in [0.25, 0.3) is 22.2 Å². The van der Waals surface area contributed by atoms with Crippen LogP contribution in [0.2, 0.25) is 0 Å². The Morgan fingerprint density at radius 2 is 1.75 bits per heavy atom. The predicted molar refractivity (Wildman–Crippen MR) is 147 cm³/mol. The van der Waals surface area contributed by atoms with E-state index in [4.69, 9.17) is 0 Å². The third kappa shape index (κ3) is 5.51. The number of fused-ring (bicyclic) bond motifs is 1. The van der Waals surface area contributed by atoms with E-state index in [1.807, 2.05) is 25.1 Å². The van der Waals surface area contributed by atoms with Crippen LogP contribution in [0.4, 0.5) is 0 Å². The highest BCUT2D eigenvalue weighted by molar-refractivity contribution is 7.99. The van der Waals surface area contributed by atoms with Gasteiger partial charge in [0.15, 0.2) is 11.0 Å². The molecule has 6 nitrogen and oxygen atoms in total. The summed E-state index contributed by atoms with van der Waals surface area (Å²) >= 11 is 1.42. The van der Waals surface area contributed by atoms with Crippen LogP contribution in [-0.2, 0) is 4.79 Å². The molecule has 0 spiro atoms. The molecule has 0 saturated heterocycles. The van der Waals surface area contributed by atoms with Crippen molar-refractivity contribution in [1.82, 2.24) is 20.2 Å². The van der Waals surface area contributed by atoms with Gasteiger partial charge < -0.3 is 0 Å². The summed E-state index contributed by atoms with van der Waals surface area (Å²) in [5.74, 6) is 0.956. The van der Waals surface area contributed by atoms with Crippen LogP contribution in [-0.4, -0.2) is 32.1 Å². The maximum atomic E-state index is 12.7. The molecule has 7 heteroatoms. The molecule has 1 fully saturated rings. The lowest BCUT2D eigenvalue weighted by atomic mass is 9.95. The number of hydrazone groups is 1. The van der Waals surface area contributed by atoms with E-state index in [-0.39, 0.29) is 11.7 Å². The normalized spacial score (nSPS) is 14.8. The van der Waals surface area contributed by atoms with Gasteiger partial charge in [-0.2, -0.15) is 5.10 Å². The molecule has 1 saturated carbocycles. The van der Waals surface area contributed by atoms with E-state index in [0.717, 1.165) is 46.0 Å². The molecule has 1 amide bonds. The molecule has 1 aliphatic rings. The number of nitrogens with one attached hydrogen (secondary N) is 1. The van der Waals surface area contributed by atoms with Gasteiger partial charge in [-0.3, -0.25) is 9.36 Å². The van der Waals surface area contributed by atoms with Gasteiger partial charge in [0.1, 0.15) is 0 Å². The third-order valence-electron chi connectivity index (χ3n) is 6.76. The molecule has 3 aromatic carbocycles. The van der Waals surface area contributed by atoms with Gasteiger partial charge in [0.05, 0.1) is 11.5 Å². The van der Waals surface area contributed by atoms with Crippen molar-refractivity contribution >= 4 is 34.2 Å². The summed E-state index contributed by atoms with van der Waals surface area (Å²) in [4.78, 5) is 12.7. The van der Waals surface area contributed by atoms with Crippen LogP contribution in [0, 0.1) is 6.92 Å². The molecule has 1 aliphatic carbocycles. The Hall–Kier alpha value is -3.45. The maximum absolute atomic E-state index is 12.7. The molecule has 0 bridgehead atoms. The van der Waals surface area contributed by atoms with Crippen molar-refractivity contribution in [2.24, 2.45) is 5.10 Å². The molecule has 4 aromatic rings. The first-order valence-corrected chi connectivity index (χ1v) is 13.5. The number of aromatic nitrogens is 3. The van der Waals surface area contributed by atoms with Crippen LogP contribution in [0.15, 0.2) is 77.0 Å². The van der Waals surface area contributed by atoms with Gasteiger partial charge >= 0.3 is 0 Å². The molecule has 184 valence electrons. The molecule has 1 heterocycles. The van der Waals surface area contributed by atoms with Crippen molar-refractivity contribution in [3.8, 4) is 11.4 Å². The first-order chi connectivity index (χ1) is 17.6. The fourth-order valence-corrected chi connectivity index (χ4v) is 5.53. The quantitative estimate of drug-likeness (QED) is 0.179.